The molecule has 0 bridgehead atoms. The summed E-state index contributed by atoms with van der Waals surface area (Å²) in [6, 6.07) is 7.56. The van der Waals surface area contributed by atoms with E-state index in [2.05, 4.69) is 0 Å². The van der Waals surface area contributed by atoms with Gasteiger partial charge in [-0.3, -0.25) is 9.59 Å². The minimum atomic E-state index is -0.803. The average molecular weight is 305 g/mol. The molecule has 5 nitrogen and oxygen atoms in total. The predicted octanol–water partition coefficient (Wildman–Crippen LogP) is 2.48. The second-order valence-electron chi connectivity index (χ2n) is 5.66. The molecule has 1 heterocycles. The van der Waals surface area contributed by atoms with E-state index < -0.39 is 5.97 Å². The van der Waals surface area contributed by atoms with Gasteiger partial charge in [-0.2, -0.15) is 0 Å². The van der Waals surface area contributed by atoms with Crippen LogP contribution >= 0.6 is 0 Å². The molecular weight excluding hydrogens is 282 g/mol. The molecule has 1 saturated heterocycles. The molecule has 0 spiro atoms. The molecule has 1 aromatic carbocycles. The Bertz CT molecular complexity index is 529. The highest BCUT2D eigenvalue weighted by Gasteiger charge is 2.27. The number of hydrogen-bond acceptors (Lipinski definition) is 3. The van der Waals surface area contributed by atoms with E-state index in [-0.39, 0.29) is 18.4 Å². The molecule has 1 aliphatic rings. The Morgan fingerprint density at radius 1 is 1.32 bits per heavy atom. The first-order valence-electron chi connectivity index (χ1n) is 7.75. The molecule has 0 saturated carbocycles. The number of carbonyl (C=O) groups is 2. The third-order valence-electron chi connectivity index (χ3n) is 4.17. The van der Waals surface area contributed by atoms with Crippen LogP contribution in [0.4, 0.5) is 0 Å². The van der Waals surface area contributed by atoms with Crippen molar-refractivity contribution in [3.63, 3.8) is 0 Å². The zero-order valence-electron chi connectivity index (χ0n) is 13.0. The SMILES string of the molecule is COc1ccccc1CC(=O)N1CCCC[C@H]1CCC(=O)O. The molecule has 1 aromatic rings. The summed E-state index contributed by atoms with van der Waals surface area (Å²) in [5.74, 6) is -0.0303. The molecular formula is C17H23NO4. The Kier molecular flexibility index (Phi) is 5.81. The van der Waals surface area contributed by atoms with Gasteiger partial charge in [0.05, 0.1) is 13.5 Å². The van der Waals surface area contributed by atoms with Gasteiger partial charge in [-0.15, -0.1) is 0 Å². The van der Waals surface area contributed by atoms with Crippen molar-refractivity contribution in [2.45, 2.75) is 44.6 Å². The van der Waals surface area contributed by atoms with E-state index in [1.165, 1.54) is 0 Å². The highest BCUT2D eigenvalue weighted by Crippen LogP contribution is 2.24. The van der Waals surface area contributed by atoms with Gasteiger partial charge in [-0.05, 0) is 31.7 Å². The molecule has 0 aliphatic carbocycles. The summed E-state index contributed by atoms with van der Waals surface area (Å²) in [4.78, 5) is 25.2. The fraction of sp³-hybridized carbons (Fsp3) is 0.529. The number of para-hydroxylation sites is 1. The summed E-state index contributed by atoms with van der Waals surface area (Å²) in [5, 5.41) is 8.85. The number of aliphatic carboxylic acids is 1. The summed E-state index contributed by atoms with van der Waals surface area (Å²) in [5.41, 5.74) is 0.873. The molecule has 0 unspecified atom stereocenters. The summed E-state index contributed by atoms with van der Waals surface area (Å²) in [6.45, 7) is 0.721. The minimum Gasteiger partial charge on any atom is -0.496 e. The van der Waals surface area contributed by atoms with E-state index in [0.717, 1.165) is 37.1 Å². The quantitative estimate of drug-likeness (QED) is 0.877. The van der Waals surface area contributed by atoms with E-state index in [1.54, 1.807) is 7.11 Å². The highest BCUT2D eigenvalue weighted by molar-refractivity contribution is 5.80. The average Bonchev–Trinajstić information content (AvgIpc) is 2.53. The van der Waals surface area contributed by atoms with Crippen molar-refractivity contribution >= 4 is 11.9 Å². The van der Waals surface area contributed by atoms with E-state index >= 15 is 0 Å². The van der Waals surface area contributed by atoms with E-state index in [1.807, 2.05) is 29.2 Å². The predicted molar refractivity (Wildman–Crippen MR) is 82.9 cm³/mol. The van der Waals surface area contributed by atoms with Crippen LogP contribution in [0.5, 0.6) is 5.75 Å². The highest BCUT2D eigenvalue weighted by atomic mass is 16.5. The Balaban J connectivity index is 2.03. The third-order valence-corrected chi connectivity index (χ3v) is 4.17. The fourth-order valence-corrected chi connectivity index (χ4v) is 3.03. The zero-order chi connectivity index (χ0) is 15.9. The van der Waals surface area contributed by atoms with Gasteiger partial charge in [-0.25, -0.2) is 0 Å². The molecule has 1 N–H and O–H groups in total. The standard InChI is InChI=1S/C17H23NO4/c1-22-15-8-3-2-6-13(15)12-16(19)18-11-5-4-7-14(18)9-10-17(20)21/h2-3,6,8,14H,4-5,7,9-12H2,1H3,(H,20,21)/t14-/m0/s1. The number of rotatable bonds is 6. The Hall–Kier alpha value is -2.04. The Labute approximate surface area is 130 Å². The van der Waals surface area contributed by atoms with Crippen molar-refractivity contribution in [2.75, 3.05) is 13.7 Å². The van der Waals surface area contributed by atoms with Crippen molar-refractivity contribution in [1.29, 1.82) is 0 Å². The number of nitrogens with zero attached hydrogens (tertiary/aromatic N) is 1. The Morgan fingerprint density at radius 2 is 2.09 bits per heavy atom. The van der Waals surface area contributed by atoms with Gasteiger partial charge in [0.2, 0.25) is 5.91 Å². The first-order chi connectivity index (χ1) is 10.6. The van der Waals surface area contributed by atoms with Gasteiger partial charge < -0.3 is 14.7 Å². The lowest BCUT2D eigenvalue weighted by molar-refractivity contribution is -0.139. The van der Waals surface area contributed by atoms with Crippen molar-refractivity contribution in [3.05, 3.63) is 29.8 Å². The molecule has 1 fully saturated rings. The number of likely N-dealkylation sites (tertiary alicyclic amines) is 1. The van der Waals surface area contributed by atoms with Gasteiger partial charge in [0.25, 0.3) is 0 Å². The molecule has 22 heavy (non-hydrogen) atoms. The number of carbonyl (C=O) groups excluding carboxylic acids is 1. The van der Waals surface area contributed by atoms with E-state index in [9.17, 15) is 9.59 Å². The van der Waals surface area contributed by atoms with Crippen LogP contribution in [0.15, 0.2) is 24.3 Å². The van der Waals surface area contributed by atoms with Crippen molar-refractivity contribution in [1.82, 2.24) is 4.90 Å². The lowest BCUT2D eigenvalue weighted by atomic mass is 9.97. The molecule has 0 radical (unpaired) electrons. The summed E-state index contributed by atoms with van der Waals surface area (Å²) >= 11 is 0. The first-order valence-corrected chi connectivity index (χ1v) is 7.75. The molecule has 120 valence electrons. The number of carboxylic acids is 1. The van der Waals surface area contributed by atoms with Crippen molar-refractivity contribution in [2.24, 2.45) is 0 Å². The monoisotopic (exact) mass is 305 g/mol. The number of hydrogen-bond donors (Lipinski definition) is 1. The summed E-state index contributed by atoms with van der Waals surface area (Å²) in [6.07, 6.45) is 3.89. The molecule has 1 atom stereocenters. The minimum absolute atomic E-state index is 0.0482. The number of benzene rings is 1. The van der Waals surface area contributed by atoms with Gasteiger partial charge in [-0.1, -0.05) is 18.2 Å². The number of amides is 1. The van der Waals surface area contributed by atoms with Gasteiger partial charge in [0, 0.05) is 24.6 Å². The van der Waals surface area contributed by atoms with Crippen LogP contribution in [0, 0.1) is 0 Å². The smallest absolute Gasteiger partial charge is 0.303 e. The van der Waals surface area contributed by atoms with Gasteiger partial charge in [0.1, 0.15) is 5.75 Å². The molecule has 2 rings (SSSR count). The lowest BCUT2D eigenvalue weighted by Gasteiger charge is -2.36. The number of methoxy groups -OCH3 is 1. The molecule has 1 amide bonds. The maximum Gasteiger partial charge on any atom is 0.303 e. The normalized spacial score (nSPS) is 18.0. The van der Waals surface area contributed by atoms with Gasteiger partial charge >= 0.3 is 5.97 Å². The molecule has 1 aliphatic heterocycles. The fourth-order valence-electron chi connectivity index (χ4n) is 3.03. The van der Waals surface area contributed by atoms with Crippen LogP contribution in [-0.4, -0.2) is 41.6 Å². The lowest BCUT2D eigenvalue weighted by Crippen LogP contribution is -2.44. The van der Waals surface area contributed by atoms with E-state index in [0.29, 0.717) is 12.8 Å². The maximum atomic E-state index is 12.6. The number of ether oxygens (including phenoxy) is 1. The topological polar surface area (TPSA) is 66.8 Å². The van der Waals surface area contributed by atoms with E-state index in [4.69, 9.17) is 9.84 Å². The summed E-state index contributed by atoms with van der Waals surface area (Å²) < 4.78 is 5.29. The van der Waals surface area contributed by atoms with Crippen LogP contribution < -0.4 is 4.74 Å². The zero-order valence-corrected chi connectivity index (χ0v) is 13.0. The molecule has 0 aromatic heterocycles. The van der Waals surface area contributed by atoms with Crippen LogP contribution in [0.25, 0.3) is 0 Å². The number of carboxylic acid groups (broad SMARTS) is 1. The Morgan fingerprint density at radius 3 is 2.82 bits per heavy atom. The van der Waals surface area contributed by atoms with Crippen LogP contribution in [-0.2, 0) is 16.0 Å². The second kappa shape index (κ2) is 7.82. The van der Waals surface area contributed by atoms with Gasteiger partial charge in [0.15, 0.2) is 0 Å². The first kappa shape index (κ1) is 16.3. The maximum absolute atomic E-state index is 12.6. The summed E-state index contributed by atoms with van der Waals surface area (Å²) in [7, 11) is 1.60. The molecule has 5 heteroatoms. The van der Waals surface area contributed by atoms with Crippen LogP contribution in [0.1, 0.15) is 37.7 Å². The largest absolute Gasteiger partial charge is 0.496 e. The van der Waals surface area contributed by atoms with Crippen molar-refractivity contribution < 1.29 is 19.4 Å². The third kappa shape index (κ3) is 4.23. The van der Waals surface area contributed by atoms with Crippen LogP contribution in [0.3, 0.4) is 0 Å². The second-order valence-corrected chi connectivity index (χ2v) is 5.66. The number of piperidine rings is 1. The van der Waals surface area contributed by atoms with Crippen LogP contribution in [0.2, 0.25) is 0 Å². The van der Waals surface area contributed by atoms with Crippen molar-refractivity contribution in [3.8, 4) is 5.75 Å².